The van der Waals surface area contributed by atoms with Crippen LogP contribution in [0.5, 0.6) is 0 Å². The van der Waals surface area contributed by atoms with Crippen molar-refractivity contribution in [1.29, 1.82) is 0 Å². The number of halogens is 1. The van der Waals surface area contributed by atoms with Gasteiger partial charge in [0, 0.05) is 32.4 Å². The smallest absolute Gasteiger partial charge is 0.332 e. The van der Waals surface area contributed by atoms with Gasteiger partial charge >= 0.3 is 5.97 Å². The highest BCUT2D eigenvalue weighted by Crippen LogP contribution is 2.48. The summed E-state index contributed by atoms with van der Waals surface area (Å²) in [7, 11) is 3.61. The van der Waals surface area contributed by atoms with Crippen molar-refractivity contribution in [2.24, 2.45) is 5.92 Å². The lowest BCUT2D eigenvalue weighted by Gasteiger charge is -2.47. The first-order valence-electron chi connectivity index (χ1n) is 12.9. The molecule has 0 radical (unpaired) electrons. The van der Waals surface area contributed by atoms with Gasteiger partial charge < -0.3 is 24.8 Å². The zero-order valence-corrected chi connectivity index (χ0v) is 22.4. The van der Waals surface area contributed by atoms with Crippen LogP contribution in [0.4, 0.5) is 4.39 Å². The van der Waals surface area contributed by atoms with Crippen LogP contribution < -0.4 is 0 Å². The van der Waals surface area contributed by atoms with Crippen molar-refractivity contribution in [3.8, 4) is 0 Å². The summed E-state index contributed by atoms with van der Waals surface area (Å²) >= 11 is 0. The van der Waals surface area contributed by atoms with Crippen molar-refractivity contribution >= 4 is 17.0 Å². The molecule has 0 aliphatic heterocycles. The highest BCUT2D eigenvalue weighted by molar-refractivity contribution is 5.74. The van der Waals surface area contributed by atoms with Crippen molar-refractivity contribution in [3.05, 3.63) is 65.2 Å². The maximum Gasteiger partial charge on any atom is 0.332 e. The third-order valence-electron chi connectivity index (χ3n) is 7.38. The number of ether oxygens (including phenoxy) is 2. The third kappa shape index (κ3) is 6.74. The van der Waals surface area contributed by atoms with Gasteiger partial charge in [-0.3, -0.25) is 0 Å². The maximum absolute atomic E-state index is 14.0. The molecule has 3 aromatic rings. The molecule has 37 heavy (non-hydrogen) atoms. The zero-order valence-electron chi connectivity index (χ0n) is 22.4. The Bertz CT molecular complexity index is 1150. The monoisotopic (exact) mass is 513 g/mol. The average Bonchev–Trinajstić information content (AvgIpc) is 3.25. The molecule has 0 bridgehead atoms. The van der Waals surface area contributed by atoms with E-state index >= 15 is 0 Å². The van der Waals surface area contributed by atoms with Crippen LogP contribution in [-0.4, -0.2) is 65.8 Å². The van der Waals surface area contributed by atoms with Crippen LogP contribution in [-0.2, 0) is 27.1 Å². The van der Waals surface area contributed by atoms with Gasteiger partial charge in [0.25, 0.3) is 0 Å². The first-order valence-corrected chi connectivity index (χ1v) is 12.9. The number of fused-ring (bicyclic) bond motifs is 2. The maximum atomic E-state index is 14.0. The molecule has 1 aliphatic rings. The molecule has 8 heteroatoms. The molecular formula is C29H40FN3O4. The number of carbonyl (C=O) groups is 1. The number of H-pyrrole nitrogens is 1. The molecule has 0 saturated carbocycles. The normalized spacial score (nSPS) is 19.2. The number of methoxy groups -OCH3 is 1. The van der Waals surface area contributed by atoms with Gasteiger partial charge in [-0.15, -0.1) is 0 Å². The van der Waals surface area contributed by atoms with E-state index in [1.807, 2.05) is 30.3 Å². The van der Waals surface area contributed by atoms with E-state index < -0.39 is 5.60 Å². The Morgan fingerprint density at radius 2 is 2.03 bits per heavy atom. The Morgan fingerprint density at radius 1 is 1.24 bits per heavy atom. The predicted octanol–water partition coefficient (Wildman–Crippen LogP) is 4.45. The van der Waals surface area contributed by atoms with Crippen molar-refractivity contribution in [2.45, 2.75) is 57.5 Å². The van der Waals surface area contributed by atoms with E-state index in [0.29, 0.717) is 19.3 Å². The number of benzene rings is 2. The first kappa shape index (κ1) is 28.8. The first-order chi connectivity index (χ1) is 17.3. The number of aryl methyl sites for hydroxylation is 2. The number of para-hydroxylation sites is 2. The standard InChI is InChI=1S/C29H38FN3O3.H2O/c1-20(2)28-23-12-11-22(30)18-21(23)13-14-29(28,36-27(34)19-35-4)15-17-33(3)16-7-10-26-31-24-8-5-6-9-25(24)32-26;/h5-6,8-9,11-12,18,20,28H,7,10,13-17,19H2,1-4H3,(H,31,32);1H2/t28-,29-;/m0./s1. The van der Waals surface area contributed by atoms with Crippen LogP contribution in [0.2, 0.25) is 0 Å². The van der Waals surface area contributed by atoms with Gasteiger partial charge in [0.2, 0.25) is 0 Å². The lowest BCUT2D eigenvalue weighted by molar-refractivity contribution is -0.172. The highest BCUT2D eigenvalue weighted by atomic mass is 19.1. The van der Waals surface area contributed by atoms with Crippen molar-refractivity contribution in [1.82, 2.24) is 14.9 Å². The molecule has 0 unspecified atom stereocenters. The van der Waals surface area contributed by atoms with Crippen molar-refractivity contribution < 1.29 is 24.1 Å². The Hall–Kier alpha value is -2.81. The van der Waals surface area contributed by atoms with E-state index in [1.54, 1.807) is 6.07 Å². The van der Waals surface area contributed by atoms with Gasteiger partial charge in [0.1, 0.15) is 23.8 Å². The Kier molecular flexibility index (Phi) is 9.81. The summed E-state index contributed by atoms with van der Waals surface area (Å²) in [5.74, 6) is 0.658. The van der Waals surface area contributed by atoms with E-state index in [2.05, 4.69) is 35.8 Å². The second-order valence-electron chi connectivity index (χ2n) is 10.4. The van der Waals surface area contributed by atoms with Gasteiger partial charge in [-0.25, -0.2) is 14.2 Å². The highest BCUT2D eigenvalue weighted by Gasteiger charge is 2.47. The molecule has 7 nitrogen and oxygen atoms in total. The summed E-state index contributed by atoms with van der Waals surface area (Å²) in [6, 6.07) is 13.1. The number of imidazole rings is 1. The molecule has 0 fully saturated rings. The van der Waals surface area contributed by atoms with Crippen LogP contribution in [0.25, 0.3) is 11.0 Å². The molecule has 2 aromatic carbocycles. The topological polar surface area (TPSA) is 99.0 Å². The molecular weight excluding hydrogens is 473 g/mol. The van der Waals surface area contributed by atoms with Crippen molar-refractivity contribution in [2.75, 3.05) is 33.9 Å². The summed E-state index contributed by atoms with van der Waals surface area (Å²) < 4.78 is 25.3. The molecule has 0 amide bonds. The lowest BCUT2D eigenvalue weighted by Crippen LogP contribution is -2.49. The number of esters is 1. The Labute approximate surface area is 218 Å². The quantitative estimate of drug-likeness (QED) is 0.382. The molecule has 2 atom stereocenters. The number of hydrogen-bond donors (Lipinski definition) is 1. The van der Waals surface area contributed by atoms with Crippen LogP contribution in [0, 0.1) is 11.7 Å². The fraction of sp³-hybridized carbons (Fsp3) is 0.517. The molecule has 1 heterocycles. The van der Waals surface area contributed by atoms with E-state index in [4.69, 9.17) is 9.47 Å². The van der Waals surface area contributed by atoms with Crippen LogP contribution >= 0.6 is 0 Å². The summed E-state index contributed by atoms with van der Waals surface area (Å²) in [6.07, 6.45) is 3.92. The predicted molar refractivity (Wildman–Crippen MR) is 143 cm³/mol. The van der Waals surface area contributed by atoms with E-state index in [-0.39, 0.29) is 35.7 Å². The molecule has 4 rings (SSSR count). The molecule has 3 N–H and O–H groups in total. The van der Waals surface area contributed by atoms with Gasteiger partial charge in [-0.05, 0) is 74.2 Å². The minimum atomic E-state index is -0.651. The number of nitrogens with zero attached hydrogens (tertiary/aromatic N) is 2. The van der Waals surface area contributed by atoms with Gasteiger partial charge in [-0.1, -0.05) is 32.0 Å². The summed E-state index contributed by atoms with van der Waals surface area (Å²) in [4.78, 5) is 23.0. The number of nitrogens with one attached hydrogen (secondary N) is 1. The molecule has 202 valence electrons. The third-order valence-corrected chi connectivity index (χ3v) is 7.38. The van der Waals surface area contributed by atoms with E-state index in [0.717, 1.165) is 53.9 Å². The Morgan fingerprint density at radius 3 is 2.76 bits per heavy atom. The zero-order chi connectivity index (χ0) is 25.7. The van der Waals surface area contributed by atoms with Gasteiger partial charge in [0.15, 0.2) is 0 Å². The minimum absolute atomic E-state index is 0. The SMILES string of the molecule is COCC(=O)O[C@]1(CCN(C)CCCc2nc3ccccc3[nH]2)CCc2cc(F)ccc2[C@@H]1C(C)C.O. The number of carbonyl (C=O) groups excluding carboxylic acids is 1. The fourth-order valence-corrected chi connectivity index (χ4v) is 5.80. The summed E-state index contributed by atoms with van der Waals surface area (Å²) in [6.45, 7) is 5.93. The van der Waals surface area contributed by atoms with Crippen LogP contribution in [0.15, 0.2) is 42.5 Å². The fourth-order valence-electron chi connectivity index (χ4n) is 5.80. The minimum Gasteiger partial charge on any atom is -0.457 e. The molecule has 0 spiro atoms. The number of aromatic amines is 1. The number of rotatable bonds is 11. The van der Waals surface area contributed by atoms with Crippen LogP contribution in [0.3, 0.4) is 0 Å². The van der Waals surface area contributed by atoms with E-state index in [1.165, 1.54) is 13.2 Å². The van der Waals surface area contributed by atoms with Crippen LogP contribution in [0.1, 0.15) is 56.0 Å². The summed E-state index contributed by atoms with van der Waals surface area (Å²) in [5.41, 5.74) is 3.53. The van der Waals surface area contributed by atoms with Gasteiger partial charge in [-0.2, -0.15) is 0 Å². The van der Waals surface area contributed by atoms with E-state index in [9.17, 15) is 9.18 Å². The summed E-state index contributed by atoms with van der Waals surface area (Å²) in [5, 5.41) is 0. The lowest BCUT2D eigenvalue weighted by atomic mass is 9.65. The second kappa shape index (κ2) is 12.6. The second-order valence-corrected chi connectivity index (χ2v) is 10.4. The van der Waals surface area contributed by atoms with Gasteiger partial charge in [0.05, 0.1) is 11.0 Å². The van der Waals surface area contributed by atoms with Crippen molar-refractivity contribution in [3.63, 3.8) is 0 Å². The molecule has 1 aliphatic carbocycles. The number of hydrogen-bond acceptors (Lipinski definition) is 5. The largest absolute Gasteiger partial charge is 0.457 e. The Balaban J connectivity index is 0.00000380. The molecule has 0 saturated heterocycles. The average molecular weight is 514 g/mol. The number of aromatic nitrogens is 2. The molecule has 1 aromatic heterocycles.